The van der Waals surface area contributed by atoms with E-state index in [1.807, 2.05) is 0 Å². The van der Waals surface area contributed by atoms with Crippen LogP contribution in [0.5, 0.6) is 0 Å². The predicted molar refractivity (Wildman–Crippen MR) is 66.4 cm³/mol. The standard InChI is InChI=1S/C14H8F2N2O/c15-11-2-4-14-10(5-11)7-18(17-14)12-3-1-9(8-19)13(16)6-12/h1-8H. The van der Waals surface area contributed by atoms with Gasteiger partial charge in [0.05, 0.1) is 16.8 Å². The Balaban J connectivity index is 2.13. The third-order valence-corrected chi connectivity index (χ3v) is 2.84. The van der Waals surface area contributed by atoms with Crippen molar-refractivity contribution in [3.05, 3.63) is 59.8 Å². The lowest BCUT2D eigenvalue weighted by atomic mass is 10.2. The summed E-state index contributed by atoms with van der Waals surface area (Å²) in [6, 6.07) is 8.40. The van der Waals surface area contributed by atoms with Crippen molar-refractivity contribution in [2.75, 3.05) is 0 Å². The minimum atomic E-state index is -0.613. The second kappa shape index (κ2) is 4.28. The first-order valence-electron chi connectivity index (χ1n) is 5.57. The van der Waals surface area contributed by atoms with Crippen LogP contribution in [0.15, 0.2) is 42.6 Å². The van der Waals surface area contributed by atoms with Gasteiger partial charge >= 0.3 is 0 Å². The van der Waals surface area contributed by atoms with Gasteiger partial charge in [0.15, 0.2) is 6.29 Å². The van der Waals surface area contributed by atoms with Crippen molar-refractivity contribution in [2.45, 2.75) is 0 Å². The summed E-state index contributed by atoms with van der Waals surface area (Å²) in [5, 5.41) is 4.84. The van der Waals surface area contributed by atoms with E-state index in [2.05, 4.69) is 5.10 Å². The highest BCUT2D eigenvalue weighted by Gasteiger charge is 2.07. The van der Waals surface area contributed by atoms with Crippen LogP contribution in [0.2, 0.25) is 0 Å². The molecule has 0 fully saturated rings. The Morgan fingerprint density at radius 3 is 2.68 bits per heavy atom. The molecule has 94 valence electrons. The average Bonchev–Trinajstić information content (AvgIpc) is 2.81. The summed E-state index contributed by atoms with van der Waals surface area (Å²) in [6.45, 7) is 0. The minimum absolute atomic E-state index is 0.00787. The van der Waals surface area contributed by atoms with Crippen LogP contribution in [0.4, 0.5) is 8.78 Å². The Kier molecular flexibility index (Phi) is 2.59. The molecule has 3 aromatic rings. The van der Waals surface area contributed by atoms with Crippen molar-refractivity contribution in [2.24, 2.45) is 0 Å². The number of fused-ring (bicyclic) bond motifs is 1. The van der Waals surface area contributed by atoms with Crippen molar-refractivity contribution < 1.29 is 13.6 Å². The molecule has 0 aliphatic rings. The van der Waals surface area contributed by atoms with Gasteiger partial charge in [0.2, 0.25) is 0 Å². The van der Waals surface area contributed by atoms with Crippen molar-refractivity contribution in [3.8, 4) is 5.69 Å². The van der Waals surface area contributed by atoms with Crippen LogP contribution in [0, 0.1) is 11.6 Å². The molecule has 0 unspecified atom stereocenters. The molecule has 0 saturated carbocycles. The molecule has 0 aliphatic carbocycles. The molecule has 3 rings (SSSR count). The van der Waals surface area contributed by atoms with Gasteiger partial charge < -0.3 is 0 Å². The largest absolute Gasteiger partial charge is 0.298 e. The number of carbonyl (C=O) groups is 1. The van der Waals surface area contributed by atoms with Crippen molar-refractivity contribution in [1.82, 2.24) is 9.78 Å². The number of aromatic nitrogens is 2. The Labute approximate surface area is 107 Å². The molecule has 0 amide bonds. The van der Waals surface area contributed by atoms with Crippen LogP contribution in [0.25, 0.3) is 16.6 Å². The third-order valence-electron chi connectivity index (χ3n) is 2.84. The van der Waals surface area contributed by atoms with E-state index >= 15 is 0 Å². The third kappa shape index (κ3) is 1.99. The van der Waals surface area contributed by atoms with E-state index in [0.29, 0.717) is 22.9 Å². The summed E-state index contributed by atoms with van der Waals surface area (Å²) in [5.41, 5.74) is 1.08. The molecule has 0 aliphatic heterocycles. The molecule has 0 spiro atoms. The highest BCUT2D eigenvalue weighted by atomic mass is 19.1. The molecule has 0 saturated heterocycles. The summed E-state index contributed by atoms with van der Waals surface area (Å²) >= 11 is 0. The van der Waals surface area contributed by atoms with E-state index in [-0.39, 0.29) is 11.4 Å². The zero-order valence-electron chi connectivity index (χ0n) is 9.68. The monoisotopic (exact) mass is 258 g/mol. The molecule has 0 bridgehead atoms. The summed E-state index contributed by atoms with van der Waals surface area (Å²) in [7, 11) is 0. The molecule has 1 aromatic heterocycles. The molecule has 19 heavy (non-hydrogen) atoms. The van der Waals surface area contributed by atoms with Crippen LogP contribution in [0.1, 0.15) is 10.4 Å². The van der Waals surface area contributed by atoms with E-state index in [1.54, 1.807) is 18.3 Å². The first kappa shape index (κ1) is 11.5. The summed E-state index contributed by atoms with van der Waals surface area (Å²) in [5.74, 6) is -0.965. The molecule has 0 N–H and O–H groups in total. The lowest BCUT2D eigenvalue weighted by Crippen LogP contribution is -1.97. The Hall–Kier alpha value is -2.56. The minimum Gasteiger partial charge on any atom is -0.298 e. The van der Waals surface area contributed by atoms with Crippen LogP contribution >= 0.6 is 0 Å². The van der Waals surface area contributed by atoms with Gasteiger partial charge in [-0.1, -0.05) is 0 Å². The zero-order chi connectivity index (χ0) is 13.4. The molecule has 0 radical (unpaired) electrons. The first-order chi connectivity index (χ1) is 9.17. The van der Waals surface area contributed by atoms with E-state index in [4.69, 9.17) is 0 Å². The lowest BCUT2D eigenvalue weighted by molar-refractivity contribution is 0.112. The Morgan fingerprint density at radius 1 is 1.11 bits per heavy atom. The predicted octanol–water partition coefficient (Wildman–Crippen LogP) is 3.12. The van der Waals surface area contributed by atoms with E-state index in [0.717, 1.165) is 0 Å². The normalized spacial score (nSPS) is 10.8. The second-order valence-electron chi connectivity index (χ2n) is 4.10. The van der Waals surface area contributed by atoms with Gasteiger partial charge in [0, 0.05) is 17.6 Å². The molecular formula is C14H8F2N2O. The number of benzene rings is 2. The number of halogens is 2. The topological polar surface area (TPSA) is 34.9 Å². The lowest BCUT2D eigenvalue weighted by Gasteiger charge is -2.01. The van der Waals surface area contributed by atoms with Crippen molar-refractivity contribution >= 4 is 17.2 Å². The maximum Gasteiger partial charge on any atom is 0.152 e. The highest BCUT2D eigenvalue weighted by molar-refractivity contribution is 5.79. The summed E-state index contributed by atoms with van der Waals surface area (Å²) in [6.07, 6.45) is 2.06. The number of rotatable bonds is 2. The van der Waals surface area contributed by atoms with Crippen LogP contribution in [-0.2, 0) is 0 Å². The molecule has 2 aromatic carbocycles. The fourth-order valence-corrected chi connectivity index (χ4v) is 1.88. The maximum atomic E-state index is 13.5. The second-order valence-corrected chi connectivity index (χ2v) is 4.10. The summed E-state index contributed by atoms with van der Waals surface area (Å²) < 4.78 is 28.0. The SMILES string of the molecule is O=Cc1ccc(-n2cc3cc(F)ccc3n2)cc1F. The maximum absolute atomic E-state index is 13.5. The zero-order valence-corrected chi connectivity index (χ0v) is 9.68. The van der Waals surface area contributed by atoms with Gasteiger partial charge in [-0.15, -0.1) is 0 Å². The van der Waals surface area contributed by atoms with Crippen molar-refractivity contribution in [1.29, 1.82) is 0 Å². The smallest absolute Gasteiger partial charge is 0.152 e. The van der Waals surface area contributed by atoms with Crippen molar-refractivity contribution in [3.63, 3.8) is 0 Å². The quantitative estimate of drug-likeness (QED) is 0.662. The number of carbonyl (C=O) groups excluding carboxylic acids is 1. The molecule has 1 heterocycles. The van der Waals surface area contributed by atoms with Gasteiger partial charge in [-0.05, 0) is 30.3 Å². The fraction of sp³-hybridized carbons (Fsp3) is 0. The molecule has 0 atom stereocenters. The first-order valence-corrected chi connectivity index (χ1v) is 5.57. The van der Waals surface area contributed by atoms with Crippen LogP contribution in [0.3, 0.4) is 0 Å². The Morgan fingerprint density at radius 2 is 1.95 bits per heavy atom. The van der Waals surface area contributed by atoms with Gasteiger partial charge in [-0.3, -0.25) is 4.79 Å². The number of aldehydes is 1. The number of nitrogens with zero attached hydrogens (tertiary/aromatic N) is 2. The Bertz CT molecular complexity index is 780. The average molecular weight is 258 g/mol. The van der Waals surface area contributed by atoms with Crippen LogP contribution < -0.4 is 0 Å². The number of hydrogen-bond acceptors (Lipinski definition) is 2. The van der Waals surface area contributed by atoms with Crippen LogP contribution in [-0.4, -0.2) is 16.1 Å². The van der Waals surface area contributed by atoms with Gasteiger partial charge in [0.1, 0.15) is 11.6 Å². The number of hydrogen-bond donors (Lipinski definition) is 0. The highest BCUT2D eigenvalue weighted by Crippen LogP contribution is 2.18. The summed E-state index contributed by atoms with van der Waals surface area (Å²) in [4.78, 5) is 10.5. The van der Waals surface area contributed by atoms with E-state index < -0.39 is 5.82 Å². The van der Waals surface area contributed by atoms with Gasteiger partial charge in [0.25, 0.3) is 0 Å². The van der Waals surface area contributed by atoms with E-state index in [9.17, 15) is 13.6 Å². The molecule has 3 nitrogen and oxygen atoms in total. The molecule has 5 heteroatoms. The van der Waals surface area contributed by atoms with Gasteiger partial charge in [-0.25, -0.2) is 13.5 Å². The van der Waals surface area contributed by atoms with Gasteiger partial charge in [-0.2, -0.15) is 5.10 Å². The van der Waals surface area contributed by atoms with E-state index in [1.165, 1.54) is 28.9 Å². The fourth-order valence-electron chi connectivity index (χ4n) is 1.88. The molecular weight excluding hydrogens is 250 g/mol.